The summed E-state index contributed by atoms with van der Waals surface area (Å²) in [4.78, 5) is 15.6. The summed E-state index contributed by atoms with van der Waals surface area (Å²) >= 11 is 11.8. The lowest BCUT2D eigenvalue weighted by Crippen LogP contribution is -2.00. The molecule has 0 atom stereocenters. The molecule has 0 amide bonds. The van der Waals surface area contributed by atoms with E-state index in [1.54, 1.807) is 36.5 Å². The summed E-state index contributed by atoms with van der Waals surface area (Å²) in [6.07, 6.45) is 4.46. The molecule has 0 bridgehead atoms. The Morgan fingerprint density at radius 3 is 3.00 bits per heavy atom. The summed E-state index contributed by atoms with van der Waals surface area (Å²) in [5, 5.41) is 0.781. The van der Waals surface area contributed by atoms with Crippen LogP contribution >= 0.6 is 23.2 Å². The maximum atomic E-state index is 11.7. The van der Waals surface area contributed by atoms with Gasteiger partial charge in [-0.15, -0.1) is 0 Å². The van der Waals surface area contributed by atoms with E-state index in [4.69, 9.17) is 37.4 Å². The largest absolute Gasteiger partial charge is 0.458 e. The Kier molecular flexibility index (Phi) is 4.69. The maximum Gasteiger partial charge on any atom is 0.331 e. The molecule has 2 aromatic rings. The van der Waals surface area contributed by atoms with Gasteiger partial charge >= 0.3 is 5.97 Å². The molecule has 118 valence electrons. The summed E-state index contributed by atoms with van der Waals surface area (Å²) in [5.41, 5.74) is 1.47. The zero-order valence-electron chi connectivity index (χ0n) is 11.8. The van der Waals surface area contributed by atoms with E-state index < -0.39 is 5.97 Å². The molecule has 0 saturated carbocycles. The van der Waals surface area contributed by atoms with Crippen LogP contribution in [0.5, 0.6) is 11.5 Å². The Morgan fingerprint density at radius 1 is 1.30 bits per heavy atom. The molecule has 1 aliphatic heterocycles. The number of hydrogen-bond acceptors (Lipinski definition) is 5. The lowest BCUT2D eigenvalue weighted by molar-refractivity contribution is -0.138. The predicted molar refractivity (Wildman–Crippen MR) is 85.7 cm³/mol. The predicted octanol–water partition coefficient (Wildman–Crippen LogP) is 3.87. The number of halogens is 2. The molecule has 0 N–H and O–H groups in total. The zero-order valence-corrected chi connectivity index (χ0v) is 13.3. The van der Waals surface area contributed by atoms with Gasteiger partial charge in [0.15, 0.2) is 11.5 Å². The fourth-order valence-electron chi connectivity index (χ4n) is 1.98. The van der Waals surface area contributed by atoms with E-state index in [9.17, 15) is 4.79 Å². The molecule has 3 rings (SSSR count). The number of hydrogen-bond donors (Lipinski definition) is 0. The number of ether oxygens (including phenoxy) is 3. The number of pyridine rings is 1. The van der Waals surface area contributed by atoms with Crippen LogP contribution in [-0.2, 0) is 16.1 Å². The van der Waals surface area contributed by atoms with Crippen molar-refractivity contribution in [2.45, 2.75) is 6.61 Å². The molecule has 2 heterocycles. The third kappa shape index (κ3) is 3.94. The molecule has 0 spiro atoms. The van der Waals surface area contributed by atoms with E-state index in [1.807, 2.05) is 0 Å². The van der Waals surface area contributed by atoms with Crippen LogP contribution in [0.3, 0.4) is 0 Å². The number of rotatable bonds is 4. The first-order chi connectivity index (χ1) is 11.1. The maximum absolute atomic E-state index is 11.7. The lowest BCUT2D eigenvalue weighted by atomic mass is 10.2. The third-order valence-corrected chi connectivity index (χ3v) is 3.52. The van der Waals surface area contributed by atoms with Gasteiger partial charge in [0.2, 0.25) is 6.79 Å². The number of carbonyl (C=O) groups excluding carboxylic acids is 1. The number of aromatic nitrogens is 1. The van der Waals surface area contributed by atoms with E-state index in [0.29, 0.717) is 27.2 Å². The summed E-state index contributed by atoms with van der Waals surface area (Å²) in [6.45, 7) is 0.256. The van der Waals surface area contributed by atoms with Gasteiger partial charge in [-0.25, -0.2) is 9.78 Å². The van der Waals surface area contributed by atoms with E-state index in [1.165, 1.54) is 6.08 Å². The van der Waals surface area contributed by atoms with Gasteiger partial charge in [0, 0.05) is 12.3 Å². The lowest BCUT2D eigenvalue weighted by Gasteiger charge is -2.03. The van der Waals surface area contributed by atoms with Gasteiger partial charge in [-0.05, 0) is 41.5 Å². The molecule has 0 fully saturated rings. The van der Waals surface area contributed by atoms with Crippen LogP contribution in [0.25, 0.3) is 6.08 Å². The van der Waals surface area contributed by atoms with Crippen molar-refractivity contribution in [3.63, 3.8) is 0 Å². The second kappa shape index (κ2) is 6.89. The Morgan fingerprint density at radius 2 is 2.17 bits per heavy atom. The van der Waals surface area contributed by atoms with Crippen LogP contribution in [0.2, 0.25) is 10.2 Å². The van der Waals surface area contributed by atoms with E-state index in [-0.39, 0.29) is 13.4 Å². The molecule has 1 aliphatic rings. The van der Waals surface area contributed by atoms with Crippen LogP contribution in [0.15, 0.2) is 36.5 Å². The summed E-state index contributed by atoms with van der Waals surface area (Å²) in [7, 11) is 0. The van der Waals surface area contributed by atoms with Crippen molar-refractivity contribution < 1.29 is 19.0 Å². The molecule has 0 radical (unpaired) electrons. The molecular weight excluding hydrogens is 341 g/mol. The molecule has 1 aromatic heterocycles. The summed E-state index contributed by atoms with van der Waals surface area (Å²) < 4.78 is 15.6. The first kappa shape index (κ1) is 15.6. The van der Waals surface area contributed by atoms with Crippen LogP contribution in [-0.4, -0.2) is 17.7 Å². The number of carbonyl (C=O) groups is 1. The van der Waals surface area contributed by atoms with Crippen LogP contribution in [0.4, 0.5) is 0 Å². The SMILES string of the molecule is O=C(/C=C/c1cc(Cl)c2c(c1)OCO2)OCc1ccnc(Cl)c1. The van der Waals surface area contributed by atoms with Crippen molar-refractivity contribution in [3.8, 4) is 11.5 Å². The van der Waals surface area contributed by atoms with Gasteiger partial charge in [-0.3, -0.25) is 0 Å². The molecule has 0 unspecified atom stereocenters. The molecule has 5 nitrogen and oxygen atoms in total. The highest BCUT2D eigenvalue weighted by atomic mass is 35.5. The Balaban J connectivity index is 1.61. The Labute approximate surface area is 142 Å². The van der Waals surface area contributed by atoms with Crippen molar-refractivity contribution >= 4 is 35.2 Å². The normalized spacial score (nSPS) is 12.6. The zero-order chi connectivity index (χ0) is 16.2. The fraction of sp³-hybridized carbons (Fsp3) is 0.125. The minimum absolute atomic E-state index is 0.118. The molecule has 1 aromatic carbocycles. The van der Waals surface area contributed by atoms with Crippen LogP contribution < -0.4 is 9.47 Å². The van der Waals surface area contributed by atoms with Gasteiger partial charge in [0.05, 0.1) is 5.02 Å². The van der Waals surface area contributed by atoms with Gasteiger partial charge in [0.1, 0.15) is 11.8 Å². The van der Waals surface area contributed by atoms with Gasteiger partial charge in [-0.1, -0.05) is 23.2 Å². The minimum atomic E-state index is -0.480. The van der Waals surface area contributed by atoms with Gasteiger partial charge < -0.3 is 14.2 Å². The Bertz CT molecular complexity index is 777. The number of fused-ring (bicyclic) bond motifs is 1. The van der Waals surface area contributed by atoms with Crippen molar-refractivity contribution in [1.29, 1.82) is 0 Å². The van der Waals surface area contributed by atoms with Crippen molar-refractivity contribution in [2.75, 3.05) is 6.79 Å². The quantitative estimate of drug-likeness (QED) is 0.475. The van der Waals surface area contributed by atoms with Crippen molar-refractivity contribution in [2.24, 2.45) is 0 Å². The fourth-order valence-corrected chi connectivity index (χ4v) is 2.45. The second-order valence-electron chi connectivity index (χ2n) is 4.66. The average molecular weight is 352 g/mol. The smallest absolute Gasteiger partial charge is 0.331 e. The molecule has 0 aliphatic carbocycles. The van der Waals surface area contributed by atoms with E-state index in [2.05, 4.69) is 4.98 Å². The highest BCUT2D eigenvalue weighted by Crippen LogP contribution is 2.40. The first-order valence-electron chi connectivity index (χ1n) is 6.66. The summed E-state index contributed by atoms with van der Waals surface area (Å²) in [6, 6.07) is 6.78. The molecule has 23 heavy (non-hydrogen) atoms. The Hall–Kier alpha value is -2.24. The first-order valence-corrected chi connectivity index (χ1v) is 7.42. The summed E-state index contributed by atoms with van der Waals surface area (Å²) in [5.74, 6) is 0.588. The highest BCUT2D eigenvalue weighted by molar-refractivity contribution is 6.32. The van der Waals surface area contributed by atoms with Gasteiger partial charge in [0.25, 0.3) is 0 Å². The van der Waals surface area contributed by atoms with E-state index in [0.717, 1.165) is 5.56 Å². The second-order valence-corrected chi connectivity index (χ2v) is 5.46. The average Bonchev–Trinajstić information content (AvgIpc) is 3.00. The van der Waals surface area contributed by atoms with E-state index >= 15 is 0 Å². The van der Waals surface area contributed by atoms with Crippen LogP contribution in [0.1, 0.15) is 11.1 Å². The number of nitrogens with zero attached hydrogens (tertiary/aromatic N) is 1. The molecular formula is C16H11Cl2NO4. The topological polar surface area (TPSA) is 57.7 Å². The highest BCUT2D eigenvalue weighted by Gasteiger charge is 2.17. The number of esters is 1. The minimum Gasteiger partial charge on any atom is -0.458 e. The monoisotopic (exact) mass is 351 g/mol. The standard InChI is InChI=1S/C16H11Cl2NO4/c17-12-5-10(6-13-16(12)23-9-22-13)1-2-15(20)21-8-11-3-4-19-14(18)7-11/h1-7H,8-9H2/b2-1+. The number of benzene rings is 1. The molecule has 0 saturated heterocycles. The van der Waals surface area contributed by atoms with Crippen LogP contribution in [0, 0.1) is 0 Å². The molecule has 7 heteroatoms. The van der Waals surface area contributed by atoms with Gasteiger partial charge in [-0.2, -0.15) is 0 Å². The third-order valence-electron chi connectivity index (χ3n) is 3.03. The van der Waals surface area contributed by atoms with Crippen molar-refractivity contribution in [1.82, 2.24) is 4.98 Å². The van der Waals surface area contributed by atoms with Crippen molar-refractivity contribution in [3.05, 3.63) is 57.8 Å².